The van der Waals surface area contributed by atoms with Gasteiger partial charge in [0.2, 0.25) is 0 Å². The van der Waals surface area contributed by atoms with E-state index >= 15 is 0 Å². The third-order valence-electron chi connectivity index (χ3n) is 9.61. The van der Waals surface area contributed by atoms with Crippen LogP contribution < -0.4 is 10.6 Å². The molecular formula is C48H54N2O6. The fourth-order valence-electron chi connectivity index (χ4n) is 7.46. The van der Waals surface area contributed by atoms with Crippen LogP contribution in [0.5, 0.6) is 0 Å². The number of carbonyl (C=O) groups is 3. The number of rotatable bonds is 13. The van der Waals surface area contributed by atoms with E-state index in [9.17, 15) is 14.4 Å². The van der Waals surface area contributed by atoms with E-state index in [1.165, 1.54) is 37.9 Å². The molecule has 6 rings (SSSR count). The summed E-state index contributed by atoms with van der Waals surface area (Å²) in [7, 11) is 0. The minimum absolute atomic E-state index is 0.147. The second-order valence-electron chi connectivity index (χ2n) is 16.4. The van der Waals surface area contributed by atoms with Crippen molar-refractivity contribution >= 4 is 50.5 Å². The van der Waals surface area contributed by atoms with E-state index in [0.29, 0.717) is 45.4 Å². The Bertz CT molecular complexity index is 2260. The number of benzene rings is 6. The standard InChI is InChI=1S/C48H54N2O6/c1-8-54-41(51)30-31-28-37(14-10-26-49-45(52)55-47(2,3)4)42(38(29-31)15-11-27-50-46(53)56-48(5,6)7)35-18-16-32(17-19-35)39-24-22-36-21-20-33-12-9-13-34-23-25-40(39)44(36)43(33)34/h9,12-13,16-25,28-29H,8,10-11,14-15,26-27,30H2,1-7H3,(H,49,52)(H,50,53). The highest BCUT2D eigenvalue weighted by molar-refractivity contribution is 6.25. The van der Waals surface area contributed by atoms with Crippen LogP contribution in [0.4, 0.5) is 9.59 Å². The number of esters is 1. The van der Waals surface area contributed by atoms with Gasteiger partial charge in [-0.25, -0.2) is 9.59 Å². The average molecular weight is 755 g/mol. The number of carbonyl (C=O) groups excluding carboxylic acids is 3. The zero-order valence-corrected chi connectivity index (χ0v) is 33.8. The molecule has 8 nitrogen and oxygen atoms in total. The fraction of sp³-hybridized carbons (Fsp3) is 0.354. The summed E-state index contributed by atoms with van der Waals surface area (Å²) in [6.07, 6.45) is 1.88. The Morgan fingerprint density at radius 1 is 0.607 bits per heavy atom. The van der Waals surface area contributed by atoms with Crippen molar-refractivity contribution in [3.63, 3.8) is 0 Å². The molecule has 0 aliphatic carbocycles. The lowest BCUT2D eigenvalue weighted by atomic mass is 9.86. The summed E-state index contributed by atoms with van der Waals surface area (Å²) in [6.45, 7) is 14.0. The summed E-state index contributed by atoms with van der Waals surface area (Å²) in [5, 5.41) is 13.3. The number of amides is 2. The molecule has 6 aromatic carbocycles. The van der Waals surface area contributed by atoms with Crippen molar-refractivity contribution in [3.8, 4) is 22.3 Å². The first-order valence-electron chi connectivity index (χ1n) is 19.7. The van der Waals surface area contributed by atoms with E-state index in [1.807, 2.05) is 41.5 Å². The number of alkyl carbamates (subject to hydrolysis) is 2. The lowest BCUT2D eigenvalue weighted by Crippen LogP contribution is -2.33. The summed E-state index contributed by atoms with van der Waals surface area (Å²) in [5.41, 5.74) is 6.28. The first kappa shape index (κ1) is 40.0. The SMILES string of the molecule is CCOC(=O)Cc1cc(CCCNC(=O)OC(C)(C)C)c(-c2ccc(-c3ccc4ccc5cccc6ccc3c4c56)cc2)c(CCCNC(=O)OC(C)(C)C)c1. The van der Waals surface area contributed by atoms with Gasteiger partial charge in [-0.3, -0.25) is 4.79 Å². The van der Waals surface area contributed by atoms with Crippen molar-refractivity contribution in [2.24, 2.45) is 0 Å². The molecule has 0 radical (unpaired) electrons. The Kier molecular flexibility index (Phi) is 12.2. The van der Waals surface area contributed by atoms with Crippen LogP contribution in [-0.4, -0.2) is 49.1 Å². The van der Waals surface area contributed by atoms with Crippen molar-refractivity contribution in [1.29, 1.82) is 0 Å². The Morgan fingerprint density at radius 3 is 1.64 bits per heavy atom. The molecule has 0 spiro atoms. The van der Waals surface area contributed by atoms with E-state index in [2.05, 4.69) is 102 Å². The van der Waals surface area contributed by atoms with E-state index in [-0.39, 0.29) is 12.4 Å². The predicted molar refractivity (Wildman–Crippen MR) is 226 cm³/mol. The molecule has 6 aromatic rings. The molecule has 0 saturated heterocycles. The Labute approximate surface area is 330 Å². The van der Waals surface area contributed by atoms with Gasteiger partial charge in [-0.05, 0) is 145 Å². The van der Waals surface area contributed by atoms with Crippen molar-refractivity contribution < 1.29 is 28.6 Å². The topological polar surface area (TPSA) is 103 Å². The van der Waals surface area contributed by atoms with Gasteiger partial charge in [0.1, 0.15) is 11.2 Å². The number of nitrogens with one attached hydrogen (secondary N) is 2. The summed E-state index contributed by atoms with van der Waals surface area (Å²) >= 11 is 0. The Morgan fingerprint density at radius 2 is 1.11 bits per heavy atom. The van der Waals surface area contributed by atoms with Crippen molar-refractivity contribution in [3.05, 3.63) is 108 Å². The number of hydrogen-bond acceptors (Lipinski definition) is 6. The minimum atomic E-state index is -0.588. The average Bonchev–Trinajstić information content (AvgIpc) is 3.13. The summed E-state index contributed by atoms with van der Waals surface area (Å²) in [6, 6.07) is 32.7. The summed E-state index contributed by atoms with van der Waals surface area (Å²) < 4.78 is 16.2. The normalized spacial score (nSPS) is 11.9. The molecule has 0 bridgehead atoms. The van der Waals surface area contributed by atoms with Crippen LogP contribution in [-0.2, 0) is 38.3 Å². The van der Waals surface area contributed by atoms with E-state index < -0.39 is 23.4 Å². The molecule has 56 heavy (non-hydrogen) atoms. The van der Waals surface area contributed by atoms with Crippen LogP contribution in [0, 0.1) is 0 Å². The number of ether oxygens (including phenoxy) is 3. The second-order valence-corrected chi connectivity index (χ2v) is 16.4. The highest BCUT2D eigenvalue weighted by Crippen LogP contribution is 2.40. The lowest BCUT2D eigenvalue weighted by Gasteiger charge is -2.21. The molecule has 2 N–H and O–H groups in total. The lowest BCUT2D eigenvalue weighted by molar-refractivity contribution is -0.142. The highest BCUT2D eigenvalue weighted by atomic mass is 16.6. The summed E-state index contributed by atoms with van der Waals surface area (Å²) in [5.74, 6) is -0.284. The fourth-order valence-corrected chi connectivity index (χ4v) is 7.46. The smallest absolute Gasteiger partial charge is 0.407 e. The maximum Gasteiger partial charge on any atom is 0.407 e. The zero-order chi connectivity index (χ0) is 40.0. The van der Waals surface area contributed by atoms with Gasteiger partial charge in [0.05, 0.1) is 13.0 Å². The van der Waals surface area contributed by atoms with Crippen molar-refractivity contribution in [2.75, 3.05) is 19.7 Å². The number of hydrogen-bond donors (Lipinski definition) is 2. The maximum absolute atomic E-state index is 12.7. The third kappa shape index (κ3) is 9.96. The van der Waals surface area contributed by atoms with Crippen LogP contribution in [0.1, 0.15) is 78.0 Å². The molecule has 8 heteroatoms. The van der Waals surface area contributed by atoms with Crippen LogP contribution in [0.2, 0.25) is 0 Å². The van der Waals surface area contributed by atoms with Crippen LogP contribution in [0.3, 0.4) is 0 Å². The van der Waals surface area contributed by atoms with Crippen LogP contribution in [0.25, 0.3) is 54.6 Å². The molecule has 2 amide bonds. The van der Waals surface area contributed by atoms with Crippen molar-refractivity contribution in [2.45, 2.75) is 91.8 Å². The summed E-state index contributed by atoms with van der Waals surface area (Å²) in [4.78, 5) is 37.6. The Hall–Kier alpha value is -5.63. The predicted octanol–water partition coefficient (Wildman–Crippen LogP) is 10.9. The Balaban J connectivity index is 1.35. The second kappa shape index (κ2) is 17.0. The minimum Gasteiger partial charge on any atom is -0.466 e. The quantitative estimate of drug-likeness (QED) is 0.0527. The highest BCUT2D eigenvalue weighted by Gasteiger charge is 2.20. The molecule has 0 aliphatic rings. The molecule has 0 atom stereocenters. The van der Waals surface area contributed by atoms with Gasteiger partial charge < -0.3 is 24.8 Å². The largest absolute Gasteiger partial charge is 0.466 e. The molecule has 0 aromatic heterocycles. The van der Waals surface area contributed by atoms with E-state index in [1.54, 1.807) is 6.92 Å². The van der Waals surface area contributed by atoms with Gasteiger partial charge in [0.25, 0.3) is 0 Å². The molecule has 292 valence electrons. The van der Waals surface area contributed by atoms with E-state index in [4.69, 9.17) is 14.2 Å². The van der Waals surface area contributed by atoms with Gasteiger partial charge in [-0.15, -0.1) is 0 Å². The van der Waals surface area contributed by atoms with E-state index in [0.717, 1.165) is 33.4 Å². The van der Waals surface area contributed by atoms with Crippen LogP contribution in [0.15, 0.2) is 91.0 Å². The van der Waals surface area contributed by atoms with Crippen LogP contribution >= 0.6 is 0 Å². The molecule has 0 unspecified atom stereocenters. The van der Waals surface area contributed by atoms with Gasteiger partial charge in [0, 0.05) is 13.1 Å². The van der Waals surface area contributed by atoms with Crippen molar-refractivity contribution in [1.82, 2.24) is 10.6 Å². The van der Waals surface area contributed by atoms with Gasteiger partial charge >= 0.3 is 18.2 Å². The first-order chi connectivity index (χ1) is 26.7. The van der Waals surface area contributed by atoms with Gasteiger partial charge in [0.15, 0.2) is 0 Å². The molecule has 0 saturated carbocycles. The third-order valence-corrected chi connectivity index (χ3v) is 9.61. The molecule has 0 fully saturated rings. The number of aryl methyl sites for hydroxylation is 2. The van der Waals surface area contributed by atoms with Gasteiger partial charge in [-0.1, -0.05) is 91.0 Å². The molecule has 0 aliphatic heterocycles. The van der Waals surface area contributed by atoms with Gasteiger partial charge in [-0.2, -0.15) is 0 Å². The molecular weight excluding hydrogens is 701 g/mol. The zero-order valence-electron chi connectivity index (χ0n) is 33.8. The first-order valence-corrected chi connectivity index (χ1v) is 19.7. The maximum atomic E-state index is 12.7. The monoisotopic (exact) mass is 754 g/mol. The molecule has 0 heterocycles.